The van der Waals surface area contributed by atoms with E-state index in [1.165, 1.54) is 5.56 Å². The van der Waals surface area contributed by atoms with Crippen molar-refractivity contribution in [2.75, 3.05) is 18.1 Å². The Balaban J connectivity index is 1.40. The fraction of sp³-hybridized carbons (Fsp3) is 0.640. The molecule has 0 aromatic heterocycles. The Morgan fingerprint density at radius 2 is 1.61 bits per heavy atom. The van der Waals surface area contributed by atoms with E-state index in [4.69, 9.17) is 4.74 Å². The number of ether oxygens (including phenoxy) is 1. The van der Waals surface area contributed by atoms with E-state index in [0.29, 0.717) is 19.4 Å². The van der Waals surface area contributed by atoms with Gasteiger partial charge < -0.3 is 14.5 Å². The van der Waals surface area contributed by atoms with Crippen molar-refractivity contribution in [3.8, 4) is 0 Å². The molecule has 168 valence electrons. The molecule has 1 saturated heterocycles. The normalized spacial score (nSPS) is 28.2. The van der Waals surface area contributed by atoms with Gasteiger partial charge in [-0.15, -0.1) is 0 Å². The minimum absolute atomic E-state index is 0.0243. The standard InChI is InChI=1S/C25H34N2O4/c1-17-8-7-9-18(2)27(17)23(28)16-31-25(30)21-12-5-4-11-20(21)24(29)26-15-14-19-10-3-6-13-22(19)26/h3,6,10,13,17-18,20-21H,4-5,7-9,11-12,14-16H2,1-2H3. The summed E-state index contributed by atoms with van der Waals surface area (Å²) in [5, 5.41) is 0. The number of anilines is 1. The molecule has 1 aromatic rings. The fourth-order valence-corrected chi connectivity index (χ4v) is 5.70. The van der Waals surface area contributed by atoms with Crippen LogP contribution in [0.4, 0.5) is 5.69 Å². The third-order valence-corrected chi connectivity index (χ3v) is 7.36. The van der Waals surface area contributed by atoms with E-state index in [2.05, 4.69) is 19.9 Å². The molecule has 2 aliphatic heterocycles. The fourth-order valence-electron chi connectivity index (χ4n) is 5.70. The number of amides is 2. The molecule has 1 aliphatic carbocycles. The van der Waals surface area contributed by atoms with Crippen molar-refractivity contribution >= 4 is 23.5 Å². The van der Waals surface area contributed by atoms with Gasteiger partial charge >= 0.3 is 5.97 Å². The van der Waals surface area contributed by atoms with E-state index in [9.17, 15) is 14.4 Å². The number of rotatable bonds is 4. The molecule has 31 heavy (non-hydrogen) atoms. The Morgan fingerprint density at radius 3 is 2.35 bits per heavy atom. The summed E-state index contributed by atoms with van der Waals surface area (Å²) >= 11 is 0. The lowest BCUT2D eigenvalue weighted by Crippen LogP contribution is -2.49. The summed E-state index contributed by atoms with van der Waals surface area (Å²) in [5.41, 5.74) is 2.15. The van der Waals surface area contributed by atoms with E-state index in [-0.39, 0.29) is 36.4 Å². The predicted octanol–water partition coefficient (Wildman–Crippen LogP) is 3.71. The Labute approximate surface area is 184 Å². The number of esters is 1. The highest BCUT2D eigenvalue weighted by Crippen LogP contribution is 2.36. The summed E-state index contributed by atoms with van der Waals surface area (Å²) in [6.45, 7) is 4.55. The number of hydrogen-bond donors (Lipinski definition) is 0. The molecule has 1 saturated carbocycles. The number of carbonyl (C=O) groups excluding carboxylic acids is 3. The van der Waals surface area contributed by atoms with Crippen LogP contribution in [0, 0.1) is 11.8 Å². The first-order valence-electron chi connectivity index (χ1n) is 11.8. The summed E-state index contributed by atoms with van der Waals surface area (Å²) in [6.07, 6.45) is 7.15. The molecule has 0 spiro atoms. The molecule has 4 unspecified atom stereocenters. The van der Waals surface area contributed by atoms with Crippen molar-refractivity contribution in [2.24, 2.45) is 11.8 Å². The van der Waals surface area contributed by atoms with Crippen molar-refractivity contribution in [2.45, 2.75) is 77.3 Å². The number of piperidine rings is 1. The SMILES string of the molecule is CC1CCCC(C)N1C(=O)COC(=O)C1CCCCC1C(=O)N1CCc2ccccc21. The molecule has 3 aliphatic rings. The quantitative estimate of drug-likeness (QED) is 0.689. The second kappa shape index (κ2) is 9.41. The van der Waals surface area contributed by atoms with E-state index < -0.39 is 11.9 Å². The van der Waals surface area contributed by atoms with Crippen LogP contribution in [0.25, 0.3) is 0 Å². The van der Waals surface area contributed by atoms with Crippen LogP contribution in [0.15, 0.2) is 24.3 Å². The largest absolute Gasteiger partial charge is 0.455 e. The average Bonchev–Trinajstić information content (AvgIpc) is 3.21. The highest BCUT2D eigenvalue weighted by Gasteiger charge is 2.41. The van der Waals surface area contributed by atoms with Crippen molar-refractivity contribution in [1.29, 1.82) is 0 Å². The van der Waals surface area contributed by atoms with Crippen LogP contribution in [0.3, 0.4) is 0 Å². The summed E-state index contributed by atoms with van der Waals surface area (Å²) in [5.74, 6) is -1.32. The summed E-state index contributed by atoms with van der Waals surface area (Å²) in [6, 6.07) is 8.34. The zero-order chi connectivity index (χ0) is 22.0. The van der Waals surface area contributed by atoms with Gasteiger partial charge in [-0.05, 0) is 64.0 Å². The van der Waals surface area contributed by atoms with Crippen molar-refractivity contribution in [3.63, 3.8) is 0 Å². The number of nitrogens with zero attached hydrogens (tertiary/aromatic N) is 2. The predicted molar refractivity (Wildman–Crippen MR) is 119 cm³/mol. The number of likely N-dealkylation sites (tertiary alicyclic amines) is 1. The van der Waals surface area contributed by atoms with Gasteiger partial charge in [0.1, 0.15) is 0 Å². The Hall–Kier alpha value is -2.37. The maximum atomic E-state index is 13.4. The smallest absolute Gasteiger partial charge is 0.310 e. The number of para-hydroxylation sites is 1. The lowest BCUT2D eigenvalue weighted by molar-refractivity contribution is -0.161. The maximum Gasteiger partial charge on any atom is 0.310 e. The van der Waals surface area contributed by atoms with Crippen molar-refractivity contribution in [1.82, 2.24) is 4.90 Å². The van der Waals surface area contributed by atoms with Gasteiger partial charge in [0.25, 0.3) is 5.91 Å². The molecular weight excluding hydrogens is 392 g/mol. The van der Waals surface area contributed by atoms with Crippen molar-refractivity contribution in [3.05, 3.63) is 29.8 Å². The number of fused-ring (bicyclic) bond motifs is 1. The Morgan fingerprint density at radius 1 is 0.935 bits per heavy atom. The van der Waals surface area contributed by atoms with Gasteiger partial charge in [0.15, 0.2) is 6.61 Å². The van der Waals surface area contributed by atoms with Crippen LogP contribution in [-0.4, -0.2) is 47.9 Å². The molecule has 2 amide bonds. The first kappa shape index (κ1) is 21.8. The molecule has 0 radical (unpaired) electrons. The highest BCUT2D eigenvalue weighted by atomic mass is 16.5. The molecule has 6 nitrogen and oxygen atoms in total. The van der Waals surface area contributed by atoms with Crippen LogP contribution >= 0.6 is 0 Å². The zero-order valence-electron chi connectivity index (χ0n) is 18.7. The summed E-state index contributed by atoms with van der Waals surface area (Å²) in [4.78, 5) is 42.8. The highest BCUT2D eigenvalue weighted by molar-refractivity contribution is 5.99. The second-order valence-electron chi connectivity index (χ2n) is 9.40. The van der Waals surface area contributed by atoms with Gasteiger partial charge in [0.05, 0.1) is 11.8 Å². The van der Waals surface area contributed by atoms with E-state index in [1.807, 2.05) is 28.0 Å². The first-order valence-corrected chi connectivity index (χ1v) is 11.8. The molecule has 0 N–H and O–H groups in total. The van der Waals surface area contributed by atoms with E-state index in [1.54, 1.807) is 0 Å². The minimum atomic E-state index is -0.460. The van der Waals surface area contributed by atoms with Crippen LogP contribution in [-0.2, 0) is 25.5 Å². The lowest BCUT2D eigenvalue weighted by Gasteiger charge is -2.39. The second-order valence-corrected chi connectivity index (χ2v) is 9.40. The molecule has 4 rings (SSSR count). The van der Waals surface area contributed by atoms with Gasteiger partial charge in [-0.1, -0.05) is 31.0 Å². The Kier molecular flexibility index (Phi) is 6.63. The van der Waals surface area contributed by atoms with Crippen LogP contribution in [0.2, 0.25) is 0 Å². The number of carbonyl (C=O) groups is 3. The third kappa shape index (κ3) is 4.48. The first-order chi connectivity index (χ1) is 15.0. The van der Waals surface area contributed by atoms with E-state index >= 15 is 0 Å². The van der Waals surface area contributed by atoms with Crippen LogP contribution in [0.5, 0.6) is 0 Å². The molecule has 2 heterocycles. The molecular formula is C25H34N2O4. The van der Waals surface area contributed by atoms with Crippen molar-refractivity contribution < 1.29 is 19.1 Å². The molecule has 2 fully saturated rings. The van der Waals surface area contributed by atoms with Crippen LogP contribution < -0.4 is 4.90 Å². The molecule has 0 bridgehead atoms. The number of benzene rings is 1. The van der Waals surface area contributed by atoms with Gasteiger partial charge in [-0.2, -0.15) is 0 Å². The Bertz CT molecular complexity index is 829. The monoisotopic (exact) mass is 426 g/mol. The zero-order valence-corrected chi connectivity index (χ0v) is 18.7. The maximum absolute atomic E-state index is 13.4. The molecule has 4 atom stereocenters. The third-order valence-electron chi connectivity index (χ3n) is 7.36. The van der Waals surface area contributed by atoms with Gasteiger partial charge in [0, 0.05) is 24.3 Å². The lowest BCUT2D eigenvalue weighted by atomic mass is 9.78. The average molecular weight is 427 g/mol. The van der Waals surface area contributed by atoms with Crippen LogP contribution in [0.1, 0.15) is 64.4 Å². The van der Waals surface area contributed by atoms with Gasteiger partial charge in [-0.25, -0.2) is 0 Å². The minimum Gasteiger partial charge on any atom is -0.455 e. The van der Waals surface area contributed by atoms with Gasteiger partial charge in [-0.3, -0.25) is 14.4 Å². The summed E-state index contributed by atoms with van der Waals surface area (Å²) in [7, 11) is 0. The summed E-state index contributed by atoms with van der Waals surface area (Å²) < 4.78 is 5.50. The molecule has 1 aromatic carbocycles. The topological polar surface area (TPSA) is 66.9 Å². The molecule has 6 heteroatoms. The van der Waals surface area contributed by atoms with E-state index in [0.717, 1.165) is 44.2 Å². The van der Waals surface area contributed by atoms with Gasteiger partial charge in [0.2, 0.25) is 5.91 Å². The number of hydrogen-bond acceptors (Lipinski definition) is 4.